The van der Waals surface area contributed by atoms with Crippen molar-refractivity contribution in [2.45, 2.75) is 25.4 Å². The maximum atomic E-state index is 13.2. The first kappa shape index (κ1) is 23.6. The highest BCUT2D eigenvalue weighted by molar-refractivity contribution is 8.21. The number of nitrogens with zero attached hydrogens (tertiary/aromatic N) is 1. The van der Waals surface area contributed by atoms with Gasteiger partial charge in [0.15, 0.2) is 0 Å². The van der Waals surface area contributed by atoms with Gasteiger partial charge in [-0.2, -0.15) is 5.26 Å². The molecule has 0 spiro atoms. The first-order valence-electron chi connectivity index (χ1n) is 10.0. The molecule has 3 rings (SSSR count). The Balaban J connectivity index is 1.81. The smallest absolute Gasteiger partial charge is 0.268 e. The molecule has 0 fully saturated rings. The van der Waals surface area contributed by atoms with Crippen LogP contribution in [0.1, 0.15) is 22.3 Å². The van der Waals surface area contributed by atoms with Crippen molar-refractivity contribution in [1.29, 1.82) is 5.26 Å². The molecule has 0 aliphatic carbocycles. The lowest BCUT2D eigenvalue weighted by atomic mass is 10.2. The minimum atomic E-state index is -0.498. The van der Waals surface area contributed by atoms with Gasteiger partial charge in [0.05, 0.1) is 4.24 Å². The molecule has 0 aliphatic rings. The Morgan fingerprint density at radius 2 is 1.31 bits per heavy atom. The number of amides is 1. The Hall–Kier alpha value is -3.01. The van der Waals surface area contributed by atoms with Crippen LogP contribution in [0.4, 0.5) is 10.1 Å². The average molecular weight is 463 g/mol. The molecule has 0 atom stereocenters. The Bertz CT molecular complexity index is 1080. The summed E-state index contributed by atoms with van der Waals surface area (Å²) in [5.41, 5.74) is 5.09. The number of nitriles is 1. The summed E-state index contributed by atoms with van der Waals surface area (Å²) in [6, 6.07) is 23.9. The molecule has 1 N–H and O–H groups in total. The zero-order chi connectivity index (χ0) is 22.9. The number of anilines is 1. The second-order valence-corrected chi connectivity index (χ2v) is 9.51. The third-order valence-corrected chi connectivity index (χ3v) is 7.22. The van der Waals surface area contributed by atoms with Gasteiger partial charge >= 0.3 is 0 Å². The summed E-state index contributed by atoms with van der Waals surface area (Å²) in [5.74, 6) is 0.404. The van der Waals surface area contributed by atoms with Gasteiger partial charge in [0.25, 0.3) is 5.91 Å². The Labute approximate surface area is 196 Å². The van der Waals surface area contributed by atoms with Crippen LogP contribution in [0.2, 0.25) is 0 Å². The monoisotopic (exact) mass is 462 g/mol. The maximum absolute atomic E-state index is 13.2. The number of nitrogens with one attached hydrogen (secondary N) is 1. The van der Waals surface area contributed by atoms with Crippen LogP contribution >= 0.6 is 23.5 Å². The number of carbonyl (C=O) groups is 1. The van der Waals surface area contributed by atoms with Gasteiger partial charge in [-0.05, 0) is 49.2 Å². The molecule has 6 heteroatoms. The highest BCUT2D eigenvalue weighted by atomic mass is 32.2. The number of benzene rings is 3. The lowest BCUT2D eigenvalue weighted by Gasteiger charge is -2.11. The summed E-state index contributed by atoms with van der Waals surface area (Å²) in [6.45, 7) is 4.07. The summed E-state index contributed by atoms with van der Waals surface area (Å²) in [5, 5.41) is 12.5. The predicted octanol–water partition coefficient (Wildman–Crippen LogP) is 6.98. The SMILES string of the molecule is Cc1ccc(CSC(SCc2ccc(C)cc2)=C(C#N)C(=O)Nc2ccc(F)cc2)cc1. The summed E-state index contributed by atoms with van der Waals surface area (Å²) in [6.07, 6.45) is 0. The number of hydrogen-bond acceptors (Lipinski definition) is 4. The van der Waals surface area contributed by atoms with Crippen molar-refractivity contribution in [2.24, 2.45) is 0 Å². The van der Waals surface area contributed by atoms with Crippen molar-refractivity contribution >= 4 is 35.1 Å². The van der Waals surface area contributed by atoms with Gasteiger partial charge in [-0.15, -0.1) is 23.5 Å². The highest BCUT2D eigenvalue weighted by Gasteiger charge is 2.17. The summed E-state index contributed by atoms with van der Waals surface area (Å²) >= 11 is 2.95. The normalized spacial score (nSPS) is 10.3. The first-order valence-corrected chi connectivity index (χ1v) is 12.0. The fourth-order valence-electron chi connectivity index (χ4n) is 2.77. The lowest BCUT2D eigenvalue weighted by Crippen LogP contribution is -2.14. The van der Waals surface area contributed by atoms with E-state index in [2.05, 4.69) is 35.7 Å². The van der Waals surface area contributed by atoms with E-state index in [1.165, 1.54) is 58.9 Å². The van der Waals surface area contributed by atoms with Crippen molar-refractivity contribution in [3.05, 3.63) is 111 Å². The molecule has 3 aromatic carbocycles. The van der Waals surface area contributed by atoms with E-state index in [0.717, 1.165) is 11.1 Å². The standard InChI is InChI=1S/C26H23FN2OS2/c1-18-3-7-20(8-4-18)16-31-26(32-17-21-9-5-19(2)6-10-21)24(15-28)25(30)29-23-13-11-22(27)12-14-23/h3-14H,16-17H2,1-2H3,(H,29,30). The molecule has 162 valence electrons. The minimum Gasteiger partial charge on any atom is -0.321 e. The van der Waals surface area contributed by atoms with Crippen LogP contribution < -0.4 is 5.32 Å². The molecule has 3 aromatic rings. The van der Waals surface area contributed by atoms with Gasteiger partial charge in [0.2, 0.25) is 0 Å². The van der Waals surface area contributed by atoms with Crippen LogP contribution in [0.3, 0.4) is 0 Å². The molecular weight excluding hydrogens is 439 g/mol. The molecule has 0 radical (unpaired) electrons. The summed E-state index contributed by atoms with van der Waals surface area (Å²) in [4.78, 5) is 12.9. The van der Waals surface area contributed by atoms with Crippen molar-refractivity contribution < 1.29 is 9.18 Å². The third-order valence-electron chi connectivity index (χ3n) is 4.63. The second kappa shape index (κ2) is 11.6. The van der Waals surface area contributed by atoms with E-state index in [-0.39, 0.29) is 11.4 Å². The van der Waals surface area contributed by atoms with Gasteiger partial charge in [-0.3, -0.25) is 4.79 Å². The maximum Gasteiger partial charge on any atom is 0.268 e. The van der Waals surface area contributed by atoms with E-state index in [1.807, 2.05) is 38.1 Å². The fraction of sp³-hybridized carbons (Fsp3) is 0.154. The van der Waals surface area contributed by atoms with Crippen LogP contribution in [0.15, 0.2) is 82.6 Å². The van der Waals surface area contributed by atoms with Crippen molar-refractivity contribution in [2.75, 3.05) is 5.32 Å². The van der Waals surface area contributed by atoms with Gasteiger partial charge in [0, 0.05) is 17.2 Å². The number of halogens is 1. The van der Waals surface area contributed by atoms with Crippen molar-refractivity contribution in [3.8, 4) is 6.07 Å². The average Bonchev–Trinajstić information content (AvgIpc) is 2.79. The van der Waals surface area contributed by atoms with Crippen LogP contribution in [-0.4, -0.2) is 5.91 Å². The molecule has 3 nitrogen and oxygen atoms in total. The van der Waals surface area contributed by atoms with E-state index in [1.54, 1.807) is 0 Å². The van der Waals surface area contributed by atoms with Crippen molar-refractivity contribution in [3.63, 3.8) is 0 Å². The molecule has 0 aromatic heterocycles. The zero-order valence-corrected chi connectivity index (χ0v) is 19.5. The largest absolute Gasteiger partial charge is 0.321 e. The van der Waals surface area contributed by atoms with E-state index in [0.29, 0.717) is 21.4 Å². The summed E-state index contributed by atoms with van der Waals surface area (Å²) in [7, 11) is 0. The van der Waals surface area contributed by atoms with Gasteiger partial charge < -0.3 is 5.32 Å². The summed E-state index contributed by atoms with van der Waals surface area (Å²) < 4.78 is 13.8. The van der Waals surface area contributed by atoms with Crippen LogP contribution in [0.25, 0.3) is 0 Å². The first-order chi connectivity index (χ1) is 15.4. The number of carbonyl (C=O) groups excluding carboxylic acids is 1. The Kier molecular flexibility index (Phi) is 8.55. The molecule has 0 saturated heterocycles. The Morgan fingerprint density at radius 3 is 1.75 bits per heavy atom. The van der Waals surface area contributed by atoms with Crippen LogP contribution in [0, 0.1) is 31.0 Å². The van der Waals surface area contributed by atoms with Gasteiger partial charge in [-0.25, -0.2) is 4.39 Å². The molecule has 0 bridgehead atoms. The van der Waals surface area contributed by atoms with E-state index in [9.17, 15) is 14.4 Å². The minimum absolute atomic E-state index is 0.0588. The number of hydrogen-bond donors (Lipinski definition) is 1. The molecule has 32 heavy (non-hydrogen) atoms. The van der Waals surface area contributed by atoms with Crippen LogP contribution in [-0.2, 0) is 16.3 Å². The number of rotatable bonds is 8. The van der Waals surface area contributed by atoms with E-state index < -0.39 is 5.91 Å². The van der Waals surface area contributed by atoms with E-state index in [4.69, 9.17) is 0 Å². The molecule has 0 heterocycles. The topological polar surface area (TPSA) is 52.9 Å². The number of aryl methyl sites for hydroxylation is 2. The van der Waals surface area contributed by atoms with Crippen LogP contribution in [0.5, 0.6) is 0 Å². The number of thioether (sulfide) groups is 2. The van der Waals surface area contributed by atoms with Gasteiger partial charge in [-0.1, -0.05) is 59.7 Å². The third kappa shape index (κ3) is 7.01. The quantitative estimate of drug-likeness (QED) is 0.290. The molecule has 0 saturated carbocycles. The van der Waals surface area contributed by atoms with Crippen molar-refractivity contribution in [1.82, 2.24) is 0 Å². The zero-order valence-electron chi connectivity index (χ0n) is 17.9. The molecule has 1 amide bonds. The lowest BCUT2D eigenvalue weighted by molar-refractivity contribution is -0.112. The van der Waals surface area contributed by atoms with Gasteiger partial charge in [0.1, 0.15) is 17.5 Å². The fourth-order valence-corrected chi connectivity index (χ4v) is 5.00. The molecule has 0 unspecified atom stereocenters. The molecule has 0 aliphatic heterocycles. The second-order valence-electron chi connectivity index (χ2n) is 7.28. The molecular formula is C26H23FN2OS2. The predicted molar refractivity (Wildman–Crippen MR) is 133 cm³/mol. The Morgan fingerprint density at radius 1 is 0.844 bits per heavy atom. The van der Waals surface area contributed by atoms with E-state index >= 15 is 0 Å². The highest BCUT2D eigenvalue weighted by Crippen LogP contribution is 2.36.